The predicted octanol–water partition coefficient (Wildman–Crippen LogP) is 4.88. The summed E-state index contributed by atoms with van der Waals surface area (Å²) >= 11 is 3.16. The highest BCUT2D eigenvalue weighted by atomic mass is 79.9. The zero-order chi connectivity index (χ0) is 16.8. The summed E-state index contributed by atoms with van der Waals surface area (Å²) in [6.45, 7) is 2.17. The zero-order valence-electron chi connectivity index (χ0n) is 13.4. The van der Waals surface area contributed by atoms with Crippen LogP contribution in [0.4, 0.5) is 0 Å². The van der Waals surface area contributed by atoms with Gasteiger partial charge in [0.1, 0.15) is 0 Å². The topological polar surface area (TPSA) is 51.2 Å². The van der Waals surface area contributed by atoms with Gasteiger partial charge >= 0.3 is 0 Å². The second-order valence-corrected chi connectivity index (χ2v) is 6.63. The van der Waals surface area contributed by atoms with E-state index in [0.29, 0.717) is 23.1 Å². The predicted molar refractivity (Wildman–Crippen MR) is 94.6 cm³/mol. The Morgan fingerprint density at radius 2 is 1.52 bits per heavy atom. The second-order valence-electron chi connectivity index (χ2n) is 5.83. The quantitative estimate of drug-likeness (QED) is 0.479. The summed E-state index contributed by atoms with van der Waals surface area (Å²) in [6.07, 6.45) is 7.01. The van der Waals surface area contributed by atoms with Gasteiger partial charge in [-0.1, -0.05) is 63.3 Å². The number of allylic oxidation sites excluding steroid dienone is 2. The summed E-state index contributed by atoms with van der Waals surface area (Å²) in [5.41, 5.74) is 1.26. The fourth-order valence-electron chi connectivity index (χ4n) is 2.82. The van der Waals surface area contributed by atoms with Crippen LogP contribution < -0.4 is 0 Å². The Hall–Kier alpha value is -1.55. The van der Waals surface area contributed by atoms with Crippen LogP contribution in [-0.4, -0.2) is 17.3 Å². The molecule has 0 amide bonds. The molecule has 0 atom stereocenters. The van der Waals surface area contributed by atoms with Crippen molar-refractivity contribution in [3.8, 4) is 0 Å². The molecule has 1 aromatic rings. The maximum Gasteiger partial charge on any atom is 0.241 e. The first kappa shape index (κ1) is 17.8. The summed E-state index contributed by atoms with van der Waals surface area (Å²) in [7, 11) is 0. The van der Waals surface area contributed by atoms with Gasteiger partial charge in [0.25, 0.3) is 0 Å². The molecular formula is C19H21BrO3. The summed E-state index contributed by atoms with van der Waals surface area (Å²) in [6, 6.07) is 6.82. The lowest BCUT2D eigenvalue weighted by atomic mass is 9.86. The van der Waals surface area contributed by atoms with Gasteiger partial charge in [-0.25, -0.2) is 0 Å². The van der Waals surface area contributed by atoms with Crippen LogP contribution in [-0.2, 0) is 9.59 Å². The molecule has 122 valence electrons. The van der Waals surface area contributed by atoms with Crippen molar-refractivity contribution in [3.63, 3.8) is 0 Å². The molecule has 0 bridgehead atoms. The van der Waals surface area contributed by atoms with Crippen LogP contribution in [0, 0.1) is 0 Å². The molecule has 3 nitrogen and oxygen atoms in total. The largest absolute Gasteiger partial charge is 0.294 e. The highest BCUT2D eigenvalue weighted by Crippen LogP contribution is 2.34. The van der Waals surface area contributed by atoms with E-state index in [4.69, 9.17) is 0 Å². The van der Waals surface area contributed by atoms with E-state index in [1.165, 1.54) is 19.3 Å². The van der Waals surface area contributed by atoms with Crippen LogP contribution in [0.3, 0.4) is 0 Å². The highest BCUT2D eigenvalue weighted by Gasteiger charge is 2.33. The highest BCUT2D eigenvalue weighted by molar-refractivity contribution is 9.12. The summed E-state index contributed by atoms with van der Waals surface area (Å²) in [5, 5.41) is 0. The maximum atomic E-state index is 12.6. The smallest absolute Gasteiger partial charge is 0.241 e. The number of carbonyl (C=O) groups excluding carboxylic acids is 3. The Morgan fingerprint density at radius 1 is 0.913 bits per heavy atom. The molecule has 0 spiro atoms. The van der Waals surface area contributed by atoms with Gasteiger partial charge < -0.3 is 0 Å². The Bertz CT molecular complexity index is 658. The average molecular weight is 377 g/mol. The molecule has 0 fully saturated rings. The molecule has 0 N–H and O–H groups in total. The third-order valence-corrected chi connectivity index (χ3v) is 4.86. The number of Topliss-reactive ketones (excluding diaryl/α,β-unsaturated/α-hetero) is 3. The number of benzene rings is 1. The van der Waals surface area contributed by atoms with Crippen LogP contribution in [0.25, 0.3) is 5.57 Å². The van der Waals surface area contributed by atoms with E-state index < -0.39 is 11.6 Å². The standard InChI is InChI=1S/C19H21BrO3/c1-2-3-4-5-6-7-12-15(21)16-13-10-8-9-11-14(13)18(22)19(23)17(16)20/h8-11H,2-7,12H2,1H3. The average Bonchev–Trinajstić information content (AvgIpc) is 2.56. The van der Waals surface area contributed by atoms with E-state index in [9.17, 15) is 14.4 Å². The first-order valence-corrected chi connectivity index (χ1v) is 8.98. The van der Waals surface area contributed by atoms with Crippen molar-refractivity contribution in [2.75, 3.05) is 0 Å². The Labute approximate surface area is 145 Å². The molecule has 23 heavy (non-hydrogen) atoms. The van der Waals surface area contributed by atoms with Gasteiger partial charge in [0.15, 0.2) is 5.78 Å². The molecule has 0 aromatic heterocycles. The molecule has 1 aliphatic carbocycles. The van der Waals surface area contributed by atoms with E-state index in [0.717, 1.165) is 19.3 Å². The Kier molecular flexibility index (Phi) is 6.46. The minimum atomic E-state index is -0.630. The number of carbonyl (C=O) groups is 3. The maximum absolute atomic E-state index is 12.6. The molecule has 0 radical (unpaired) electrons. The van der Waals surface area contributed by atoms with Gasteiger partial charge in [-0.15, -0.1) is 0 Å². The lowest BCUT2D eigenvalue weighted by Crippen LogP contribution is -2.24. The summed E-state index contributed by atoms with van der Waals surface area (Å²) < 4.78 is 0.109. The van der Waals surface area contributed by atoms with Gasteiger partial charge in [-0.3, -0.25) is 14.4 Å². The van der Waals surface area contributed by atoms with Crippen molar-refractivity contribution < 1.29 is 14.4 Å². The zero-order valence-corrected chi connectivity index (χ0v) is 14.9. The number of fused-ring (bicyclic) bond motifs is 1. The molecule has 0 unspecified atom stereocenters. The molecular weight excluding hydrogens is 356 g/mol. The molecule has 0 heterocycles. The summed E-state index contributed by atoms with van der Waals surface area (Å²) in [4.78, 5) is 36.6. The molecule has 0 aliphatic heterocycles. The number of ketones is 3. The van der Waals surface area contributed by atoms with Crippen molar-refractivity contribution in [1.82, 2.24) is 0 Å². The Balaban J connectivity index is 2.09. The van der Waals surface area contributed by atoms with Crippen molar-refractivity contribution in [2.45, 2.75) is 51.9 Å². The number of hydrogen-bond donors (Lipinski definition) is 0. The monoisotopic (exact) mass is 376 g/mol. The molecule has 1 aromatic carbocycles. The first-order valence-electron chi connectivity index (χ1n) is 8.19. The van der Waals surface area contributed by atoms with Gasteiger partial charge in [0.2, 0.25) is 11.6 Å². The van der Waals surface area contributed by atoms with E-state index >= 15 is 0 Å². The van der Waals surface area contributed by atoms with Crippen LogP contribution in [0.5, 0.6) is 0 Å². The van der Waals surface area contributed by atoms with Gasteiger partial charge in [-0.2, -0.15) is 0 Å². The lowest BCUT2D eigenvalue weighted by molar-refractivity contribution is -0.115. The van der Waals surface area contributed by atoms with Gasteiger partial charge in [0, 0.05) is 17.6 Å². The molecule has 1 aliphatic rings. The second kappa shape index (κ2) is 8.34. The molecule has 2 rings (SSSR count). The third kappa shape index (κ3) is 4.05. The number of rotatable bonds is 8. The van der Waals surface area contributed by atoms with Crippen LogP contribution in [0.15, 0.2) is 28.7 Å². The Morgan fingerprint density at radius 3 is 2.22 bits per heavy atom. The minimum absolute atomic E-state index is 0.0688. The normalized spacial score (nSPS) is 14.2. The fourth-order valence-corrected chi connectivity index (χ4v) is 3.43. The molecule has 0 saturated carbocycles. The van der Waals surface area contributed by atoms with Crippen molar-refractivity contribution in [1.29, 1.82) is 0 Å². The molecule has 0 saturated heterocycles. The van der Waals surface area contributed by atoms with E-state index in [1.54, 1.807) is 24.3 Å². The van der Waals surface area contributed by atoms with Crippen molar-refractivity contribution in [2.24, 2.45) is 0 Å². The van der Waals surface area contributed by atoms with Gasteiger partial charge in [-0.05, 0) is 27.9 Å². The van der Waals surface area contributed by atoms with Crippen LogP contribution in [0.1, 0.15) is 67.8 Å². The van der Waals surface area contributed by atoms with Crippen LogP contribution >= 0.6 is 15.9 Å². The van der Waals surface area contributed by atoms with Crippen LogP contribution in [0.2, 0.25) is 0 Å². The lowest BCUT2D eigenvalue weighted by Gasteiger charge is -2.17. The number of halogens is 1. The SMILES string of the molecule is CCCCCCCCC(=O)C1=C(Br)C(=O)C(=O)c2ccccc21. The molecule has 4 heteroatoms. The van der Waals surface area contributed by atoms with E-state index in [-0.39, 0.29) is 10.3 Å². The number of hydrogen-bond acceptors (Lipinski definition) is 3. The minimum Gasteiger partial charge on any atom is -0.294 e. The first-order chi connectivity index (χ1) is 11.1. The van der Waals surface area contributed by atoms with Gasteiger partial charge in [0.05, 0.1) is 4.48 Å². The number of unbranched alkanes of at least 4 members (excludes halogenated alkanes) is 5. The van der Waals surface area contributed by atoms with E-state index in [1.807, 2.05) is 0 Å². The van der Waals surface area contributed by atoms with E-state index in [2.05, 4.69) is 22.9 Å². The van der Waals surface area contributed by atoms with Crippen molar-refractivity contribution >= 4 is 38.9 Å². The third-order valence-electron chi connectivity index (χ3n) is 4.10. The fraction of sp³-hybridized carbons (Fsp3) is 0.421. The summed E-state index contributed by atoms with van der Waals surface area (Å²) in [5.74, 6) is -1.25. The van der Waals surface area contributed by atoms with Crippen molar-refractivity contribution in [3.05, 3.63) is 39.9 Å².